The molecule has 0 aromatic heterocycles. The Bertz CT molecular complexity index is 645. The van der Waals surface area contributed by atoms with E-state index < -0.39 is 0 Å². The maximum atomic E-state index is 12.0. The molecular weight excluding hydrogens is 286 g/mol. The molecule has 0 aliphatic heterocycles. The molecule has 110 valence electrons. The predicted molar refractivity (Wildman–Crippen MR) is 86.2 cm³/mol. The van der Waals surface area contributed by atoms with Crippen LogP contribution in [0.15, 0.2) is 36.4 Å². The van der Waals surface area contributed by atoms with Gasteiger partial charge in [-0.05, 0) is 49.6 Å². The first-order chi connectivity index (χ1) is 9.97. The summed E-state index contributed by atoms with van der Waals surface area (Å²) in [4.78, 5) is 12.0. The van der Waals surface area contributed by atoms with Crippen LogP contribution in [0.4, 0.5) is 5.69 Å². The van der Waals surface area contributed by atoms with Gasteiger partial charge in [0.1, 0.15) is 5.75 Å². The molecule has 0 atom stereocenters. The molecule has 0 aliphatic rings. The van der Waals surface area contributed by atoms with Gasteiger partial charge in [0.05, 0.1) is 10.7 Å². The Morgan fingerprint density at radius 2 is 1.86 bits per heavy atom. The van der Waals surface area contributed by atoms with Gasteiger partial charge in [-0.1, -0.05) is 35.9 Å². The van der Waals surface area contributed by atoms with Crippen molar-refractivity contribution in [1.29, 1.82) is 0 Å². The van der Waals surface area contributed by atoms with Crippen molar-refractivity contribution in [2.45, 2.75) is 20.8 Å². The van der Waals surface area contributed by atoms with E-state index in [1.165, 1.54) is 0 Å². The minimum atomic E-state index is -0.230. The number of carbonyl (C=O) groups is 1. The third-order valence-corrected chi connectivity index (χ3v) is 3.45. The maximum absolute atomic E-state index is 12.0. The van der Waals surface area contributed by atoms with E-state index in [0.717, 1.165) is 16.7 Å². The number of carbonyl (C=O) groups excluding carboxylic acids is 1. The Morgan fingerprint density at radius 3 is 2.52 bits per heavy atom. The molecule has 0 aliphatic carbocycles. The molecule has 0 radical (unpaired) electrons. The first-order valence-electron chi connectivity index (χ1n) is 6.72. The molecule has 1 N–H and O–H groups in total. The Hall–Kier alpha value is -2.00. The number of nitrogens with one attached hydrogen (secondary N) is 1. The second-order valence-electron chi connectivity index (χ2n) is 5.04. The van der Waals surface area contributed by atoms with Gasteiger partial charge in [0, 0.05) is 0 Å². The van der Waals surface area contributed by atoms with Crippen LogP contribution >= 0.6 is 11.6 Å². The van der Waals surface area contributed by atoms with Gasteiger partial charge in [-0.3, -0.25) is 4.79 Å². The zero-order chi connectivity index (χ0) is 15.4. The summed E-state index contributed by atoms with van der Waals surface area (Å²) in [6.45, 7) is 5.77. The van der Waals surface area contributed by atoms with Crippen molar-refractivity contribution in [3.05, 3.63) is 58.1 Å². The van der Waals surface area contributed by atoms with E-state index in [-0.39, 0.29) is 12.5 Å². The molecule has 2 rings (SSSR count). The molecule has 0 saturated heterocycles. The van der Waals surface area contributed by atoms with Gasteiger partial charge in [-0.15, -0.1) is 0 Å². The molecular formula is C17H18ClNO2. The van der Waals surface area contributed by atoms with Gasteiger partial charge < -0.3 is 10.1 Å². The third-order valence-electron chi connectivity index (χ3n) is 3.15. The van der Waals surface area contributed by atoms with Crippen LogP contribution in [0.5, 0.6) is 5.75 Å². The highest BCUT2D eigenvalue weighted by molar-refractivity contribution is 6.34. The Morgan fingerprint density at radius 1 is 1.14 bits per heavy atom. The molecule has 2 aromatic rings. The van der Waals surface area contributed by atoms with Crippen LogP contribution in [0.3, 0.4) is 0 Å². The van der Waals surface area contributed by atoms with E-state index in [4.69, 9.17) is 16.3 Å². The fourth-order valence-electron chi connectivity index (χ4n) is 2.11. The molecule has 3 nitrogen and oxygen atoms in total. The number of anilines is 1. The van der Waals surface area contributed by atoms with E-state index >= 15 is 0 Å². The van der Waals surface area contributed by atoms with Crippen molar-refractivity contribution in [3.63, 3.8) is 0 Å². The van der Waals surface area contributed by atoms with Crippen LogP contribution in [0.1, 0.15) is 16.7 Å². The minimum absolute atomic E-state index is 0.0471. The minimum Gasteiger partial charge on any atom is -0.483 e. The number of ether oxygens (including phenoxy) is 1. The van der Waals surface area contributed by atoms with E-state index in [0.29, 0.717) is 16.5 Å². The molecule has 0 heterocycles. The lowest BCUT2D eigenvalue weighted by molar-refractivity contribution is -0.118. The van der Waals surface area contributed by atoms with Gasteiger partial charge in [0.25, 0.3) is 5.91 Å². The lowest BCUT2D eigenvalue weighted by Crippen LogP contribution is -2.21. The number of rotatable bonds is 4. The lowest BCUT2D eigenvalue weighted by Gasteiger charge is -2.13. The fourth-order valence-corrected chi connectivity index (χ4v) is 2.48. The fraction of sp³-hybridized carbons (Fsp3) is 0.235. The summed E-state index contributed by atoms with van der Waals surface area (Å²) in [7, 11) is 0. The van der Waals surface area contributed by atoms with Gasteiger partial charge in [-0.2, -0.15) is 0 Å². The highest BCUT2D eigenvalue weighted by Gasteiger charge is 2.10. The average molecular weight is 304 g/mol. The monoisotopic (exact) mass is 303 g/mol. The summed E-state index contributed by atoms with van der Waals surface area (Å²) in [5, 5.41) is 3.34. The number of benzene rings is 2. The highest BCUT2D eigenvalue weighted by atomic mass is 35.5. The molecule has 0 fully saturated rings. The largest absolute Gasteiger partial charge is 0.483 e. The molecule has 0 unspecified atom stereocenters. The van der Waals surface area contributed by atoms with Crippen molar-refractivity contribution in [1.82, 2.24) is 0 Å². The Balaban J connectivity index is 2.01. The first-order valence-corrected chi connectivity index (χ1v) is 7.10. The highest BCUT2D eigenvalue weighted by Crippen LogP contribution is 2.27. The number of halogens is 1. The van der Waals surface area contributed by atoms with Gasteiger partial charge in [0.2, 0.25) is 0 Å². The van der Waals surface area contributed by atoms with Crippen molar-refractivity contribution in [2.24, 2.45) is 0 Å². The zero-order valence-corrected chi connectivity index (χ0v) is 13.1. The molecule has 21 heavy (non-hydrogen) atoms. The normalized spacial score (nSPS) is 10.3. The summed E-state index contributed by atoms with van der Waals surface area (Å²) in [6, 6.07) is 11.4. The molecule has 0 spiro atoms. The molecule has 2 aromatic carbocycles. The number of hydrogen-bond donors (Lipinski definition) is 1. The van der Waals surface area contributed by atoms with Crippen LogP contribution in [0.2, 0.25) is 5.02 Å². The van der Waals surface area contributed by atoms with Gasteiger partial charge in [-0.25, -0.2) is 0 Å². The summed E-state index contributed by atoms with van der Waals surface area (Å²) in [5.41, 5.74) is 3.63. The quantitative estimate of drug-likeness (QED) is 0.915. The lowest BCUT2D eigenvalue weighted by atomic mass is 10.1. The Labute approximate surface area is 129 Å². The van der Waals surface area contributed by atoms with Crippen molar-refractivity contribution < 1.29 is 9.53 Å². The van der Waals surface area contributed by atoms with Crippen molar-refractivity contribution in [3.8, 4) is 5.75 Å². The Kier molecular flexibility index (Phi) is 4.86. The second kappa shape index (κ2) is 6.64. The number of aryl methyl sites for hydroxylation is 3. The summed E-state index contributed by atoms with van der Waals surface area (Å²) in [5.74, 6) is 0.478. The van der Waals surface area contributed by atoms with E-state index in [1.54, 1.807) is 0 Å². The van der Waals surface area contributed by atoms with Crippen LogP contribution in [-0.2, 0) is 4.79 Å². The SMILES string of the molecule is Cc1cc(C)c(NC(=O)COc2ccccc2C)c(Cl)c1. The molecule has 1 amide bonds. The topological polar surface area (TPSA) is 38.3 Å². The van der Waals surface area contributed by atoms with E-state index in [2.05, 4.69) is 5.32 Å². The zero-order valence-electron chi connectivity index (χ0n) is 12.4. The van der Waals surface area contributed by atoms with Crippen LogP contribution in [0, 0.1) is 20.8 Å². The van der Waals surface area contributed by atoms with Crippen molar-refractivity contribution in [2.75, 3.05) is 11.9 Å². The maximum Gasteiger partial charge on any atom is 0.262 e. The first kappa shape index (κ1) is 15.4. The number of para-hydroxylation sites is 1. The van der Waals surface area contributed by atoms with E-state index in [1.807, 2.05) is 57.2 Å². The molecule has 4 heteroatoms. The van der Waals surface area contributed by atoms with Gasteiger partial charge >= 0.3 is 0 Å². The van der Waals surface area contributed by atoms with Crippen molar-refractivity contribution >= 4 is 23.2 Å². The van der Waals surface area contributed by atoms with Crippen LogP contribution in [0.25, 0.3) is 0 Å². The third kappa shape index (κ3) is 3.99. The average Bonchev–Trinajstić information content (AvgIpc) is 2.42. The molecule has 0 saturated carbocycles. The van der Waals surface area contributed by atoms with E-state index in [9.17, 15) is 4.79 Å². The molecule has 0 bridgehead atoms. The standard InChI is InChI=1S/C17H18ClNO2/c1-11-8-13(3)17(14(18)9-11)19-16(20)10-21-15-7-5-4-6-12(15)2/h4-9H,10H2,1-3H3,(H,19,20). The summed E-state index contributed by atoms with van der Waals surface area (Å²) < 4.78 is 5.52. The van der Waals surface area contributed by atoms with Crippen LogP contribution < -0.4 is 10.1 Å². The van der Waals surface area contributed by atoms with Gasteiger partial charge in [0.15, 0.2) is 6.61 Å². The second-order valence-corrected chi connectivity index (χ2v) is 5.45. The van der Waals surface area contributed by atoms with Crippen LogP contribution in [-0.4, -0.2) is 12.5 Å². The number of hydrogen-bond acceptors (Lipinski definition) is 2. The number of amides is 1. The predicted octanol–water partition coefficient (Wildman–Crippen LogP) is 4.28. The summed E-state index contributed by atoms with van der Waals surface area (Å²) >= 11 is 6.17. The summed E-state index contributed by atoms with van der Waals surface area (Å²) in [6.07, 6.45) is 0. The smallest absolute Gasteiger partial charge is 0.262 e.